The topological polar surface area (TPSA) is 68.7 Å². The zero-order valence-corrected chi connectivity index (χ0v) is 17.2. The first-order chi connectivity index (χ1) is 14.1. The molecule has 6 nitrogen and oxygen atoms in total. The Morgan fingerprint density at radius 2 is 2.28 bits per heavy atom. The highest BCUT2D eigenvalue weighted by Gasteiger charge is 2.62. The Labute approximate surface area is 173 Å². The van der Waals surface area contributed by atoms with Crippen LogP contribution in [-0.4, -0.2) is 47.6 Å². The van der Waals surface area contributed by atoms with Crippen molar-refractivity contribution in [2.45, 2.75) is 50.6 Å². The molecule has 2 aromatic rings. The lowest BCUT2D eigenvalue weighted by Crippen LogP contribution is -2.47. The summed E-state index contributed by atoms with van der Waals surface area (Å²) in [4.78, 5) is 32.8. The van der Waals surface area contributed by atoms with Crippen molar-refractivity contribution >= 4 is 23.2 Å². The maximum Gasteiger partial charge on any atom is 0.314 e. The summed E-state index contributed by atoms with van der Waals surface area (Å²) in [6.45, 7) is 0.731. The molecule has 5 rings (SSSR count). The molecule has 0 saturated carbocycles. The zero-order chi connectivity index (χ0) is 20.0. The maximum absolute atomic E-state index is 13.5. The summed E-state index contributed by atoms with van der Waals surface area (Å²) in [5.74, 6) is 0.661. The van der Waals surface area contributed by atoms with Crippen LogP contribution in [0.3, 0.4) is 0 Å². The van der Waals surface area contributed by atoms with Crippen LogP contribution in [0.5, 0.6) is 5.75 Å². The number of benzene rings is 1. The van der Waals surface area contributed by atoms with E-state index in [1.54, 1.807) is 5.51 Å². The van der Waals surface area contributed by atoms with Gasteiger partial charge in [0.15, 0.2) is 0 Å². The molecule has 29 heavy (non-hydrogen) atoms. The van der Waals surface area contributed by atoms with Crippen LogP contribution in [0.25, 0.3) is 0 Å². The van der Waals surface area contributed by atoms with Gasteiger partial charge in [-0.1, -0.05) is 0 Å². The summed E-state index contributed by atoms with van der Waals surface area (Å²) >= 11 is 1.52. The molecule has 1 amide bonds. The lowest BCUT2D eigenvalue weighted by atomic mass is 9.71. The third-order valence-corrected chi connectivity index (χ3v) is 7.34. The molecule has 0 aliphatic carbocycles. The van der Waals surface area contributed by atoms with Crippen molar-refractivity contribution < 1.29 is 19.1 Å². The number of amides is 1. The highest BCUT2D eigenvalue weighted by Crippen LogP contribution is 2.52. The Balaban J connectivity index is 1.47. The first-order valence-electron chi connectivity index (χ1n) is 10.2. The molecular weight excluding hydrogens is 388 g/mol. The number of fused-ring (bicyclic) bond motifs is 3. The molecular formula is C22H24N2O4S. The summed E-state index contributed by atoms with van der Waals surface area (Å²) < 4.78 is 10.9. The first kappa shape index (κ1) is 18.6. The zero-order valence-electron chi connectivity index (χ0n) is 16.4. The highest BCUT2D eigenvalue weighted by atomic mass is 32.1. The number of hydrogen-bond donors (Lipinski definition) is 0. The van der Waals surface area contributed by atoms with Crippen LogP contribution in [0.1, 0.15) is 47.3 Å². The SMILES string of the molecule is COC(=O)[C@@]1(Cc2cscn2)C[C@H]2CC[C@@H]1N2C(=O)c1ccc2c(c1)CCCO2. The molecule has 2 bridgehead atoms. The number of carbonyl (C=O) groups is 2. The van der Waals surface area contributed by atoms with Gasteiger partial charge in [0.25, 0.3) is 5.91 Å². The lowest BCUT2D eigenvalue weighted by molar-refractivity contribution is -0.154. The Bertz CT molecular complexity index is 944. The van der Waals surface area contributed by atoms with Gasteiger partial charge in [-0.05, 0) is 55.9 Å². The minimum absolute atomic E-state index is 0.00919. The maximum atomic E-state index is 13.5. The third-order valence-electron chi connectivity index (χ3n) is 6.70. The standard InChI is InChI=1S/C22H24N2O4S/c1-27-21(26)22(10-16-12-29-13-23-16)11-17-5-7-19(22)24(17)20(25)15-4-6-18-14(9-15)3-2-8-28-18/h4,6,9,12-13,17,19H,2-3,5,7-8,10-11H2,1H3/t17-,19+,22+/m1/s1. The van der Waals surface area contributed by atoms with Gasteiger partial charge in [0.05, 0.1) is 30.3 Å². The van der Waals surface area contributed by atoms with Gasteiger partial charge in [-0.2, -0.15) is 0 Å². The average Bonchev–Trinajstić information content (AvgIpc) is 3.48. The fourth-order valence-corrected chi connectivity index (χ4v) is 6.02. The van der Waals surface area contributed by atoms with Crippen LogP contribution in [0, 0.1) is 5.41 Å². The van der Waals surface area contributed by atoms with Crippen molar-refractivity contribution in [2.75, 3.05) is 13.7 Å². The molecule has 3 aliphatic heterocycles. The van der Waals surface area contributed by atoms with E-state index in [0.717, 1.165) is 49.3 Å². The number of rotatable bonds is 4. The van der Waals surface area contributed by atoms with Gasteiger partial charge in [0, 0.05) is 29.4 Å². The molecule has 0 spiro atoms. The monoisotopic (exact) mass is 412 g/mol. The van der Waals surface area contributed by atoms with Crippen LogP contribution in [0.2, 0.25) is 0 Å². The van der Waals surface area contributed by atoms with Crippen LogP contribution in [0.15, 0.2) is 29.1 Å². The molecule has 4 heterocycles. The average molecular weight is 413 g/mol. The predicted octanol–water partition coefficient (Wildman–Crippen LogP) is 3.25. The largest absolute Gasteiger partial charge is 0.493 e. The number of carbonyl (C=O) groups excluding carboxylic acids is 2. The van der Waals surface area contributed by atoms with E-state index in [4.69, 9.17) is 9.47 Å². The Kier molecular flexibility index (Phi) is 4.57. The smallest absolute Gasteiger partial charge is 0.314 e. The summed E-state index contributed by atoms with van der Waals surface area (Å²) in [6, 6.07) is 5.64. The van der Waals surface area contributed by atoms with Crippen molar-refractivity contribution in [3.63, 3.8) is 0 Å². The van der Waals surface area contributed by atoms with Gasteiger partial charge in [-0.3, -0.25) is 9.59 Å². The summed E-state index contributed by atoms with van der Waals surface area (Å²) in [7, 11) is 1.44. The number of aryl methyl sites for hydroxylation is 1. The third kappa shape index (κ3) is 2.94. The van der Waals surface area contributed by atoms with E-state index in [9.17, 15) is 9.59 Å². The van der Waals surface area contributed by atoms with Crippen molar-refractivity contribution in [2.24, 2.45) is 5.41 Å². The van der Waals surface area contributed by atoms with E-state index < -0.39 is 5.41 Å². The number of methoxy groups -OCH3 is 1. The number of aromatic nitrogens is 1. The molecule has 0 radical (unpaired) electrons. The van der Waals surface area contributed by atoms with E-state index >= 15 is 0 Å². The number of thiazole rings is 1. The molecule has 152 valence electrons. The molecule has 1 aromatic carbocycles. The van der Waals surface area contributed by atoms with Crippen molar-refractivity contribution in [3.05, 3.63) is 45.9 Å². The Hall–Kier alpha value is -2.41. The van der Waals surface area contributed by atoms with Gasteiger partial charge in [-0.15, -0.1) is 11.3 Å². The second kappa shape index (κ2) is 7.13. The fourth-order valence-electron chi connectivity index (χ4n) is 5.47. The predicted molar refractivity (Wildman–Crippen MR) is 108 cm³/mol. The van der Waals surface area contributed by atoms with Gasteiger partial charge < -0.3 is 14.4 Å². The second-order valence-corrected chi connectivity index (χ2v) is 8.96. The lowest BCUT2D eigenvalue weighted by Gasteiger charge is -2.34. The van der Waals surface area contributed by atoms with Gasteiger partial charge >= 0.3 is 5.97 Å². The van der Waals surface area contributed by atoms with E-state index in [-0.39, 0.29) is 24.0 Å². The first-order valence-corrected chi connectivity index (χ1v) is 11.1. The van der Waals surface area contributed by atoms with E-state index in [0.29, 0.717) is 18.4 Å². The second-order valence-electron chi connectivity index (χ2n) is 8.24. The number of ether oxygens (including phenoxy) is 2. The van der Waals surface area contributed by atoms with Gasteiger partial charge in [0.2, 0.25) is 0 Å². The molecule has 0 unspecified atom stereocenters. The Morgan fingerprint density at radius 3 is 3.07 bits per heavy atom. The molecule has 3 atom stereocenters. The van der Waals surface area contributed by atoms with Gasteiger partial charge in [0.1, 0.15) is 5.75 Å². The van der Waals surface area contributed by atoms with E-state index in [1.165, 1.54) is 18.4 Å². The molecule has 2 fully saturated rings. The quantitative estimate of drug-likeness (QED) is 0.721. The van der Waals surface area contributed by atoms with Gasteiger partial charge in [-0.25, -0.2) is 4.98 Å². The fraction of sp³-hybridized carbons (Fsp3) is 0.500. The summed E-state index contributed by atoms with van der Waals surface area (Å²) in [5, 5.41) is 1.98. The van der Waals surface area contributed by atoms with Crippen molar-refractivity contribution in [1.82, 2.24) is 9.88 Å². The molecule has 0 N–H and O–H groups in total. The normalized spacial score (nSPS) is 27.4. The van der Waals surface area contributed by atoms with Crippen LogP contribution in [0.4, 0.5) is 0 Å². The molecule has 3 aliphatic rings. The summed E-state index contributed by atoms with van der Waals surface area (Å²) in [5.41, 5.74) is 3.74. The van der Waals surface area contributed by atoms with Crippen LogP contribution < -0.4 is 4.74 Å². The number of nitrogens with zero attached hydrogens (tertiary/aromatic N) is 2. The molecule has 7 heteroatoms. The number of esters is 1. The van der Waals surface area contributed by atoms with Crippen molar-refractivity contribution in [1.29, 1.82) is 0 Å². The van der Waals surface area contributed by atoms with E-state index in [1.807, 2.05) is 28.5 Å². The Morgan fingerprint density at radius 1 is 1.38 bits per heavy atom. The molecule has 2 saturated heterocycles. The van der Waals surface area contributed by atoms with Crippen molar-refractivity contribution in [3.8, 4) is 5.75 Å². The summed E-state index contributed by atoms with van der Waals surface area (Å²) in [6.07, 6.45) is 4.82. The number of hydrogen-bond acceptors (Lipinski definition) is 6. The van der Waals surface area contributed by atoms with E-state index in [2.05, 4.69) is 4.98 Å². The highest BCUT2D eigenvalue weighted by molar-refractivity contribution is 7.07. The van der Waals surface area contributed by atoms with Crippen LogP contribution in [-0.2, 0) is 22.4 Å². The minimum atomic E-state index is -0.710. The minimum Gasteiger partial charge on any atom is -0.493 e. The molecule has 1 aromatic heterocycles. The van der Waals surface area contributed by atoms with Crippen LogP contribution >= 0.6 is 11.3 Å².